The highest BCUT2D eigenvalue weighted by Crippen LogP contribution is 2.43. The standard InChI is InChI=1S/C15H18F5N/c1-21-14(12-7-6-11(16)8-13(12)17)9-2-4-10(5-3-9)15(18,19)20/h6-10,14,21H,2-5H2,1H3. The third kappa shape index (κ3) is 3.73. The van der Waals surface area contributed by atoms with Gasteiger partial charge in [0, 0.05) is 17.7 Å². The van der Waals surface area contributed by atoms with Crippen molar-refractivity contribution in [3.05, 3.63) is 35.4 Å². The zero-order valence-corrected chi connectivity index (χ0v) is 11.7. The van der Waals surface area contributed by atoms with Crippen LogP contribution in [0.4, 0.5) is 22.0 Å². The van der Waals surface area contributed by atoms with Crippen LogP contribution in [0.15, 0.2) is 18.2 Å². The first kappa shape index (κ1) is 16.2. The lowest BCUT2D eigenvalue weighted by Crippen LogP contribution is -2.33. The number of nitrogens with one attached hydrogen (secondary N) is 1. The zero-order valence-electron chi connectivity index (χ0n) is 11.7. The molecule has 1 aromatic carbocycles. The van der Waals surface area contributed by atoms with Crippen molar-refractivity contribution < 1.29 is 22.0 Å². The molecule has 0 saturated heterocycles. The van der Waals surface area contributed by atoms with Crippen LogP contribution in [0.25, 0.3) is 0 Å². The second kappa shape index (κ2) is 6.30. The average Bonchev–Trinajstić information content (AvgIpc) is 2.41. The Morgan fingerprint density at radius 2 is 1.71 bits per heavy atom. The Bertz CT molecular complexity index is 477. The molecule has 0 aromatic heterocycles. The predicted octanol–water partition coefficient (Wildman–Crippen LogP) is 4.59. The molecule has 0 aliphatic heterocycles. The van der Waals surface area contributed by atoms with E-state index in [4.69, 9.17) is 0 Å². The van der Waals surface area contributed by atoms with Crippen molar-refractivity contribution in [2.75, 3.05) is 7.05 Å². The summed E-state index contributed by atoms with van der Waals surface area (Å²) >= 11 is 0. The van der Waals surface area contributed by atoms with Gasteiger partial charge >= 0.3 is 6.18 Å². The van der Waals surface area contributed by atoms with E-state index in [1.807, 2.05) is 0 Å². The zero-order chi connectivity index (χ0) is 15.6. The monoisotopic (exact) mass is 307 g/mol. The molecule has 1 aliphatic carbocycles. The van der Waals surface area contributed by atoms with E-state index in [1.54, 1.807) is 7.05 Å². The lowest BCUT2D eigenvalue weighted by atomic mass is 9.76. The maximum absolute atomic E-state index is 13.8. The Labute approximate surface area is 120 Å². The Balaban J connectivity index is 2.09. The van der Waals surface area contributed by atoms with Crippen LogP contribution >= 0.6 is 0 Å². The number of hydrogen-bond acceptors (Lipinski definition) is 1. The van der Waals surface area contributed by atoms with E-state index in [9.17, 15) is 22.0 Å². The van der Waals surface area contributed by atoms with Crippen molar-refractivity contribution >= 4 is 0 Å². The van der Waals surface area contributed by atoms with Crippen molar-refractivity contribution in [2.45, 2.75) is 37.9 Å². The fourth-order valence-electron chi connectivity index (χ4n) is 3.18. The molecule has 1 atom stereocenters. The summed E-state index contributed by atoms with van der Waals surface area (Å²) < 4.78 is 64.8. The molecule has 0 heterocycles. The van der Waals surface area contributed by atoms with Gasteiger partial charge in [-0.15, -0.1) is 0 Å². The highest BCUT2D eigenvalue weighted by Gasteiger charge is 2.42. The van der Waals surface area contributed by atoms with E-state index < -0.39 is 23.7 Å². The maximum atomic E-state index is 13.8. The minimum Gasteiger partial charge on any atom is -0.313 e. The van der Waals surface area contributed by atoms with E-state index in [0.29, 0.717) is 18.4 Å². The van der Waals surface area contributed by atoms with Crippen LogP contribution < -0.4 is 5.32 Å². The van der Waals surface area contributed by atoms with Crippen LogP contribution in [0.3, 0.4) is 0 Å². The lowest BCUT2D eigenvalue weighted by Gasteiger charge is -2.34. The van der Waals surface area contributed by atoms with Crippen molar-refractivity contribution in [3.63, 3.8) is 0 Å². The van der Waals surface area contributed by atoms with Crippen LogP contribution in [0.1, 0.15) is 37.3 Å². The normalized spacial score (nSPS) is 24.9. The second-order valence-electron chi connectivity index (χ2n) is 5.59. The molecule has 1 unspecified atom stereocenters. The van der Waals surface area contributed by atoms with Crippen LogP contribution in [0.5, 0.6) is 0 Å². The molecule has 118 valence electrons. The molecule has 1 aromatic rings. The third-order valence-corrected chi connectivity index (χ3v) is 4.31. The van der Waals surface area contributed by atoms with E-state index in [-0.39, 0.29) is 24.8 Å². The Morgan fingerprint density at radius 3 is 2.19 bits per heavy atom. The molecule has 0 radical (unpaired) electrons. The summed E-state index contributed by atoms with van der Waals surface area (Å²) in [6.45, 7) is 0. The topological polar surface area (TPSA) is 12.0 Å². The van der Waals surface area contributed by atoms with Gasteiger partial charge in [-0.05, 0) is 44.7 Å². The minimum absolute atomic E-state index is 0.0646. The average molecular weight is 307 g/mol. The van der Waals surface area contributed by atoms with Crippen LogP contribution in [0, 0.1) is 23.5 Å². The van der Waals surface area contributed by atoms with Crippen molar-refractivity contribution in [1.82, 2.24) is 5.32 Å². The molecular formula is C15H18F5N. The molecule has 1 saturated carbocycles. The van der Waals surface area contributed by atoms with Crippen molar-refractivity contribution in [3.8, 4) is 0 Å². The van der Waals surface area contributed by atoms with E-state index in [1.165, 1.54) is 12.1 Å². The SMILES string of the molecule is CNC(c1ccc(F)cc1F)C1CCC(C(F)(F)F)CC1. The van der Waals surface area contributed by atoms with Gasteiger partial charge in [0.25, 0.3) is 0 Å². The number of halogens is 5. The van der Waals surface area contributed by atoms with Crippen molar-refractivity contribution in [1.29, 1.82) is 0 Å². The molecule has 1 N–H and O–H groups in total. The second-order valence-corrected chi connectivity index (χ2v) is 5.59. The van der Waals surface area contributed by atoms with Crippen molar-refractivity contribution in [2.24, 2.45) is 11.8 Å². The molecule has 21 heavy (non-hydrogen) atoms. The van der Waals surface area contributed by atoms with E-state index >= 15 is 0 Å². The number of benzene rings is 1. The van der Waals surface area contributed by atoms with Gasteiger partial charge in [-0.25, -0.2) is 8.78 Å². The van der Waals surface area contributed by atoms with Gasteiger partial charge in [0.05, 0.1) is 5.92 Å². The molecular weight excluding hydrogens is 289 g/mol. The number of rotatable bonds is 3. The third-order valence-electron chi connectivity index (χ3n) is 4.31. The molecule has 1 fully saturated rings. The van der Waals surface area contributed by atoms with Crippen LogP contribution in [-0.2, 0) is 0 Å². The van der Waals surface area contributed by atoms with Gasteiger partial charge in [0.15, 0.2) is 0 Å². The Morgan fingerprint density at radius 1 is 1.10 bits per heavy atom. The van der Waals surface area contributed by atoms with Gasteiger partial charge in [-0.2, -0.15) is 13.2 Å². The summed E-state index contributed by atoms with van der Waals surface area (Å²) in [5.41, 5.74) is 0.314. The molecule has 2 rings (SSSR count). The smallest absolute Gasteiger partial charge is 0.313 e. The predicted molar refractivity (Wildman–Crippen MR) is 69.7 cm³/mol. The first-order chi connectivity index (χ1) is 9.82. The van der Waals surface area contributed by atoms with Gasteiger partial charge in [-0.1, -0.05) is 6.07 Å². The quantitative estimate of drug-likeness (QED) is 0.805. The lowest BCUT2D eigenvalue weighted by molar-refractivity contribution is -0.184. The van der Waals surface area contributed by atoms with Gasteiger partial charge < -0.3 is 5.32 Å². The highest BCUT2D eigenvalue weighted by molar-refractivity contribution is 5.23. The van der Waals surface area contributed by atoms with Crippen LogP contribution in [-0.4, -0.2) is 13.2 Å². The summed E-state index contributed by atoms with van der Waals surface area (Å²) in [6.07, 6.45) is -3.26. The molecule has 0 bridgehead atoms. The molecule has 1 nitrogen and oxygen atoms in total. The van der Waals surface area contributed by atoms with Gasteiger partial charge in [-0.3, -0.25) is 0 Å². The largest absolute Gasteiger partial charge is 0.391 e. The summed E-state index contributed by atoms with van der Waals surface area (Å²) in [7, 11) is 1.64. The molecule has 0 amide bonds. The number of hydrogen-bond donors (Lipinski definition) is 1. The van der Waals surface area contributed by atoms with Gasteiger partial charge in [0.2, 0.25) is 0 Å². The number of alkyl halides is 3. The Hall–Kier alpha value is -1.17. The highest BCUT2D eigenvalue weighted by atomic mass is 19.4. The molecule has 6 heteroatoms. The fraction of sp³-hybridized carbons (Fsp3) is 0.600. The first-order valence-electron chi connectivity index (χ1n) is 7.02. The minimum atomic E-state index is -4.15. The van der Waals surface area contributed by atoms with E-state index in [0.717, 1.165) is 6.07 Å². The summed E-state index contributed by atoms with van der Waals surface area (Å²) in [6, 6.07) is 2.95. The molecule has 1 aliphatic rings. The van der Waals surface area contributed by atoms with E-state index in [2.05, 4.69) is 5.32 Å². The fourth-order valence-corrected chi connectivity index (χ4v) is 3.18. The van der Waals surface area contributed by atoms with Crippen LogP contribution in [0.2, 0.25) is 0 Å². The van der Waals surface area contributed by atoms with Gasteiger partial charge in [0.1, 0.15) is 11.6 Å². The first-order valence-corrected chi connectivity index (χ1v) is 7.02. The molecule has 0 spiro atoms. The Kier molecular flexibility index (Phi) is 4.86. The summed E-state index contributed by atoms with van der Waals surface area (Å²) in [5.74, 6) is -2.66. The summed E-state index contributed by atoms with van der Waals surface area (Å²) in [5, 5.41) is 2.96. The summed E-state index contributed by atoms with van der Waals surface area (Å²) in [4.78, 5) is 0. The maximum Gasteiger partial charge on any atom is 0.391 e.